The zero-order valence-corrected chi connectivity index (χ0v) is 9.46. The highest BCUT2D eigenvalue weighted by atomic mass is 35.5. The number of likely N-dealkylation sites (N-methyl/N-ethyl adjacent to an activating group) is 1. The molecule has 0 N–H and O–H groups in total. The number of nitrogens with zero attached hydrogens (tertiary/aromatic N) is 2. The van der Waals surface area contributed by atoms with Crippen LogP contribution in [-0.2, 0) is 0 Å². The lowest BCUT2D eigenvalue weighted by atomic mass is 10.2. The number of rotatable bonds is 4. The molecule has 0 aliphatic heterocycles. The fraction of sp³-hybridized carbons (Fsp3) is 0.250. The van der Waals surface area contributed by atoms with Crippen molar-refractivity contribution in [1.82, 2.24) is 0 Å². The summed E-state index contributed by atoms with van der Waals surface area (Å²) in [5, 5.41) is 9.24. The maximum Gasteiger partial charge on any atom is 0.101 e. The summed E-state index contributed by atoms with van der Waals surface area (Å²) in [4.78, 5) is 2.13. The third-order valence-electron chi connectivity index (χ3n) is 2.17. The van der Waals surface area contributed by atoms with Crippen molar-refractivity contribution in [3.8, 4) is 6.07 Å². The second kappa shape index (κ2) is 5.43. The first-order valence-electron chi connectivity index (χ1n) is 4.78. The van der Waals surface area contributed by atoms with Crippen LogP contribution in [0, 0.1) is 11.3 Å². The van der Waals surface area contributed by atoms with E-state index in [9.17, 15) is 0 Å². The van der Waals surface area contributed by atoms with E-state index in [2.05, 4.69) is 18.4 Å². The Bertz CT molecular complexity index is 393. The van der Waals surface area contributed by atoms with Crippen LogP contribution < -0.4 is 4.90 Å². The van der Waals surface area contributed by atoms with Crippen LogP contribution in [0.5, 0.6) is 0 Å². The fourth-order valence-electron chi connectivity index (χ4n) is 1.36. The van der Waals surface area contributed by atoms with E-state index in [0.717, 1.165) is 18.8 Å². The molecule has 0 fully saturated rings. The van der Waals surface area contributed by atoms with Gasteiger partial charge in [-0.2, -0.15) is 5.26 Å². The van der Waals surface area contributed by atoms with Crippen LogP contribution in [0.3, 0.4) is 0 Å². The van der Waals surface area contributed by atoms with Gasteiger partial charge in [-0.15, -0.1) is 6.58 Å². The van der Waals surface area contributed by atoms with Gasteiger partial charge >= 0.3 is 0 Å². The van der Waals surface area contributed by atoms with Gasteiger partial charge in [0.05, 0.1) is 10.6 Å². The molecule has 0 heterocycles. The van der Waals surface area contributed by atoms with Crippen molar-refractivity contribution < 1.29 is 0 Å². The molecular weight excluding hydrogens is 208 g/mol. The van der Waals surface area contributed by atoms with Crippen LogP contribution in [0.25, 0.3) is 0 Å². The lowest BCUT2D eigenvalue weighted by molar-refractivity contribution is 0.907. The summed E-state index contributed by atoms with van der Waals surface area (Å²) >= 11 is 5.96. The Hall–Kier alpha value is -1.46. The molecule has 15 heavy (non-hydrogen) atoms. The fourth-order valence-corrected chi connectivity index (χ4v) is 1.58. The molecule has 0 aliphatic carbocycles. The quantitative estimate of drug-likeness (QED) is 0.729. The summed E-state index contributed by atoms with van der Waals surface area (Å²) in [6.07, 6.45) is 1.84. The molecule has 78 valence electrons. The summed E-state index contributed by atoms with van der Waals surface area (Å²) in [5.74, 6) is 0. The predicted octanol–water partition coefficient (Wildman–Crippen LogP) is 3.22. The molecule has 1 aromatic carbocycles. The molecule has 0 radical (unpaired) electrons. The monoisotopic (exact) mass is 220 g/mol. The van der Waals surface area contributed by atoms with Gasteiger partial charge in [-0.1, -0.05) is 17.7 Å². The van der Waals surface area contributed by atoms with E-state index in [-0.39, 0.29) is 0 Å². The highest BCUT2D eigenvalue weighted by Gasteiger charge is 2.05. The minimum absolute atomic E-state index is 0.498. The van der Waals surface area contributed by atoms with Crippen molar-refractivity contribution in [2.45, 2.75) is 6.92 Å². The average Bonchev–Trinajstić information content (AvgIpc) is 2.25. The van der Waals surface area contributed by atoms with Crippen molar-refractivity contribution in [1.29, 1.82) is 5.26 Å². The van der Waals surface area contributed by atoms with E-state index < -0.39 is 0 Å². The van der Waals surface area contributed by atoms with Crippen LogP contribution in [0.2, 0.25) is 5.02 Å². The van der Waals surface area contributed by atoms with E-state index in [1.54, 1.807) is 6.07 Å². The maximum absolute atomic E-state index is 8.74. The largest absolute Gasteiger partial charge is 0.368 e. The average molecular weight is 221 g/mol. The van der Waals surface area contributed by atoms with E-state index in [1.807, 2.05) is 24.3 Å². The molecule has 3 heteroatoms. The number of hydrogen-bond donors (Lipinski definition) is 0. The van der Waals surface area contributed by atoms with E-state index in [4.69, 9.17) is 16.9 Å². The third kappa shape index (κ3) is 2.74. The van der Waals surface area contributed by atoms with Crippen molar-refractivity contribution in [3.05, 3.63) is 41.4 Å². The molecule has 0 unspecified atom stereocenters. The summed E-state index contributed by atoms with van der Waals surface area (Å²) in [6.45, 7) is 7.43. The first-order chi connectivity index (χ1) is 7.22. The Balaban J connectivity index is 3.00. The standard InChI is InChI=1S/C12H13ClN2/c1-3-7-15(4-2)11-6-5-10(9-14)12(13)8-11/h3,5-6,8H,1,4,7H2,2H3. The molecule has 0 saturated carbocycles. The van der Waals surface area contributed by atoms with E-state index in [0.29, 0.717) is 10.6 Å². The van der Waals surface area contributed by atoms with Crippen molar-refractivity contribution in [3.63, 3.8) is 0 Å². The van der Waals surface area contributed by atoms with Crippen LogP contribution in [0.15, 0.2) is 30.9 Å². The van der Waals surface area contributed by atoms with Gasteiger partial charge in [0.2, 0.25) is 0 Å². The number of anilines is 1. The second-order valence-electron chi connectivity index (χ2n) is 3.10. The van der Waals surface area contributed by atoms with E-state index in [1.165, 1.54) is 0 Å². The van der Waals surface area contributed by atoms with Gasteiger partial charge in [0, 0.05) is 18.8 Å². The highest BCUT2D eigenvalue weighted by Crippen LogP contribution is 2.23. The predicted molar refractivity (Wildman–Crippen MR) is 64.3 cm³/mol. The van der Waals surface area contributed by atoms with Crippen molar-refractivity contribution in [2.75, 3.05) is 18.0 Å². The number of nitriles is 1. The SMILES string of the molecule is C=CCN(CC)c1ccc(C#N)c(Cl)c1. The first-order valence-corrected chi connectivity index (χ1v) is 5.16. The molecule has 0 amide bonds. The summed E-state index contributed by atoms with van der Waals surface area (Å²) < 4.78 is 0. The molecule has 0 atom stereocenters. The second-order valence-corrected chi connectivity index (χ2v) is 3.51. The van der Waals surface area contributed by atoms with Crippen LogP contribution in [0.1, 0.15) is 12.5 Å². The Morgan fingerprint density at radius 2 is 2.33 bits per heavy atom. The van der Waals surface area contributed by atoms with E-state index >= 15 is 0 Å². The summed E-state index contributed by atoms with van der Waals surface area (Å²) in [7, 11) is 0. The van der Waals surface area contributed by atoms with Crippen molar-refractivity contribution in [2.24, 2.45) is 0 Å². The Morgan fingerprint density at radius 1 is 1.60 bits per heavy atom. The molecule has 1 aromatic rings. The van der Waals surface area contributed by atoms with Gasteiger partial charge in [-0.3, -0.25) is 0 Å². The third-order valence-corrected chi connectivity index (χ3v) is 2.48. The van der Waals surface area contributed by atoms with Crippen LogP contribution in [-0.4, -0.2) is 13.1 Å². The van der Waals surface area contributed by atoms with Gasteiger partial charge in [-0.05, 0) is 25.1 Å². The Morgan fingerprint density at radius 3 is 2.80 bits per heavy atom. The number of halogens is 1. The number of hydrogen-bond acceptors (Lipinski definition) is 2. The molecule has 0 aromatic heterocycles. The molecule has 2 nitrogen and oxygen atoms in total. The minimum atomic E-state index is 0.498. The summed E-state index contributed by atoms with van der Waals surface area (Å²) in [6, 6.07) is 7.49. The topological polar surface area (TPSA) is 27.0 Å². The summed E-state index contributed by atoms with van der Waals surface area (Å²) in [5.41, 5.74) is 1.52. The Kier molecular flexibility index (Phi) is 4.20. The Labute approximate surface area is 95.4 Å². The normalized spacial score (nSPS) is 9.40. The molecule has 0 aliphatic rings. The maximum atomic E-state index is 8.74. The van der Waals surface area contributed by atoms with Gasteiger partial charge < -0.3 is 4.90 Å². The minimum Gasteiger partial charge on any atom is -0.368 e. The van der Waals surface area contributed by atoms with Gasteiger partial charge in [-0.25, -0.2) is 0 Å². The molecule has 0 bridgehead atoms. The zero-order chi connectivity index (χ0) is 11.3. The highest BCUT2D eigenvalue weighted by molar-refractivity contribution is 6.32. The molecule has 1 rings (SSSR count). The smallest absolute Gasteiger partial charge is 0.101 e. The lowest BCUT2D eigenvalue weighted by Gasteiger charge is -2.21. The molecular formula is C12H13ClN2. The molecule has 0 spiro atoms. The van der Waals surface area contributed by atoms with Crippen LogP contribution in [0.4, 0.5) is 5.69 Å². The number of benzene rings is 1. The lowest BCUT2D eigenvalue weighted by Crippen LogP contribution is -2.22. The van der Waals surface area contributed by atoms with Gasteiger partial charge in [0.25, 0.3) is 0 Å². The van der Waals surface area contributed by atoms with Gasteiger partial charge in [0.15, 0.2) is 0 Å². The van der Waals surface area contributed by atoms with Crippen LogP contribution >= 0.6 is 11.6 Å². The first kappa shape index (κ1) is 11.6. The van der Waals surface area contributed by atoms with Gasteiger partial charge in [0.1, 0.15) is 6.07 Å². The zero-order valence-electron chi connectivity index (χ0n) is 8.70. The molecule has 0 saturated heterocycles. The van der Waals surface area contributed by atoms with Crippen molar-refractivity contribution >= 4 is 17.3 Å².